The van der Waals surface area contributed by atoms with Crippen LogP contribution < -0.4 is 10.5 Å². The van der Waals surface area contributed by atoms with Crippen LogP contribution in [0, 0.1) is 12.8 Å². The molecule has 0 bridgehead atoms. The van der Waals surface area contributed by atoms with Crippen molar-refractivity contribution in [2.45, 2.75) is 27.2 Å². The first kappa shape index (κ1) is 15.3. The van der Waals surface area contributed by atoms with Crippen molar-refractivity contribution < 1.29 is 8.42 Å². The van der Waals surface area contributed by atoms with Crippen LogP contribution in [0.15, 0.2) is 16.6 Å². The van der Waals surface area contributed by atoms with E-state index < -0.39 is 10.0 Å². The summed E-state index contributed by atoms with van der Waals surface area (Å²) in [5.74, 6) is 0.449. The van der Waals surface area contributed by atoms with Crippen LogP contribution in [-0.2, 0) is 10.0 Å². The van der Waals surface area contributed by atoms with E-state index in [2.05, 4.69) is 20.7 Å². The average molecular weight is 335 g/mol. The number of nitrogen functional groups attached to an aromatic ring is 1. The van der Waals surface area contributed by atoms with E-state index in [0.717, 1.165) is 5.56 Å². The van der Waals surface area contributed by atoms with Crippen molar-refractivity contribution in [3.63, 3.8) is 0 Å². The molecule has 1 aromatic rings. The van der Waals surface area contributed by atoms with Gasteiger partial charge in [-0.05, 0) is 52.9 Å². The molecule has 102 valence electrons. The van der Waals surface area contributed by atoms with Gasteiger partial charge >= 0.3 is 0 Å². The molecule has 6 heteroatoms. The first-order valence-corrected chi connectivity index (χ1v) is 8.22. The van der Waals surface area contributed by atoms with Gasteiger partial charge in [0.05, 0.1) is 17.1 Å². The molecule has 0 fully saturated rings. The molecule has 0 aliphatic rings. The van der Waals surface area contributed by atoms with Gasteiger partial charge in [-0.2, -0.15) is 0 Å². The Bertz CT molecular complexity index is 504. The van der Waals surface area contributed by atoms with Crippen LogP contribution >= 0.6 is 15.9 Å². The molecule has 0 aliphatic heterocycles. The van der Waals surface area contributed by atoms with Crippen LogP contribution in [0.25, 0.3) is 0 Å². The van der Waals surface area contributed by atoms with Gasteiger partial charge in [0.1, 0.15) is 0 Å². The number of hydrogen-bond donors (Lipinski definition) is 2. The predicted molar refractivity (Wildman–Crippen MR) is 80.2 cm³/mol. The van der Waals surface area contributed by atoms with E-state index in [0.29, 0.717) is 28.2 Å². The molecule has 0 saturated heterocycles. The fourth-order valence-electron chi connectivity index (χ4n) is 1.47. The molecule has 3 N–H and O–H groups in total. The van der Waals surface area contributed by atoms with Gasteiger partial charge in [0.15, 0.2) is 0 Å². The van der Waals surface area contributed by atoms with E-state index >= 15 is 0 Å². The van der Waals surface area contributed by atoms with Gasteiger partial charge in [-0.15, -0.1) is 0 Å². The van der Waals surface area contributed by atoms with E-state index in [1.165, 1.54) is 0 Å². The van der Waals surface area contributed by atoms with Crippen LogP contribution in [0.1, 0.15) is 25.8 Å². The number of rotatable bonds is 5. The van der Waals surface area contributed by atoms with Crippen LogP contribution in [0.2, 0.25) is 0 Å². The Morgan fingerprint density at radius 3 is 2.50 bits per heavy atom. The number of halogens is 1. The van der Waals surface area contributed by atoms with E-state index in [1.54, 1.807) is 6.07 Å². The summed E-state index contributed by atoms with van der Waals surface area (Å²) < 4.78 is 27.0. The topological polar surface area (TPSA) is 72.2 Å². The normalized spacial score (nSPS) is 11.8. The zero-order chi connectivity index (χ0) is 13.9. The zero-order valence-electron chi connectivity index (χ0n) is 10.8. The van der Waals surface area contributed by atoms with Crippen molar-refractivity contribution in [2.24, 2.45) is 5.92 Å². The van der Waals surface area contributed by atoms with E-state index in [-0.39, 0.29) is 5.75 Å². The van der Waals surface area contributed by atoms with Crippen LogP contribution in [0.3, 0.4) is 0 Å². The average Bonchev–Trinajstić information content (AvgIpc) is 2.21. The number of benzene rings is 1. The monoisotopic (exact) mass is 334 g/mol. The van der Waals surface area contributed by atoms with Crippen molar-refractivity contribution >= 4 is 37.3 Å². The molecule has 0 unspecified atom stereocenters. The van der Waals surface area contributed by atoms with Crippen LogP contribution in [0.4, 0.5) is 11.4 Å². The molecular weight excluding hydrogens is 316 g/mol. The first-order valence-electron chi connectivity index (χ1n) is 5.77. The third kappa shape index (κ3) is 4.49. The molecule has 0 heterocycles. The lowest BCUT2D eigenvalue weighted by atomic mass is 10.2. The summed E-state index contributed by atoms with van der Waals surface area (Å²) in [6.07, 6.45) is 0.624. The number of aryl methyl sites for hydroxylation is 1. The molecule has 1 aromatic carbocycles. The maximum Gasteiger partial charge on any atom is 0.232 e. The molecule has 0 aliphatic carbocycles. The molecule has 0 spiro atoms. The molecule has 0 atom stereocenters. The lowest BCUT2D eigenvalue weighted by Gasteiger charge is -2.13. The van der Waals surface area contributed by atoms with E-state index in [4.69, 9.17) is 5.73 Å². The van der Waals surface area contributed by atoms with Gasteiger partial charge in [0.25, 0.3) is 0 Å². The highest BCUT2D eigenvalue weighted by Crippen LogP contribution is 2.31. The molecular formula is C12H19BrN2O2S. The molecule has 18 heavy (non-hydrogen) atoms. The minimum absolute atomic E-state index is 0.102. The van der Waals surface area contributed by atoms with Crippen molar-refractivity contribution in [2.75, 3.05) is 16.2 Å². The Morgan fingerprint density at radius 2 is 2.00 bits per heavy atom. The van der Waals surface area contributed by atoms with Crippen LogP contribution in [0.5, 0.6) is 0 Å². The molecule has 0 aromatic heterocycles. The third-order valence-corrected chi connectivity index (χ3v) is 4.40. The van der Waals surface area contributed by atoms with Gasteiger partial charge in [0.2, 0.25) is 10.0 Å². The second-order valence-electron chi connectivity index (χ2n) is 4.81. The Morgan fingerprint density at radius 1 is 1.39 bits per heavy atom. The highest BCUT2D eigenvalue weighted by molar-refractivity contribution is 9.10. The Labute approximate surface area is 117 Å². The highest BCUT2D eigenvalue weighted by Gasteiger charge is 2.15. The minimum Gasteiger partial charge on any atom is -0.397 e. The minimum atomic E-state index is -3.35. The SMILES string of the molecule is Cc1cc(N)c(NS(=O)(=O)CCC(C)C)c(Br)c1. The van der Waals surface area contributed by atoms with Crippen molar-refractivity contribution in [1.29, 1.82) is 0 Å². The number of sulfonamides is 1. The summed E-state index contributed by atoms with van der Waals surface area (Å²) in [6, 6.07) is 3.57. The smallest absolute Gasteiger partial charge is 0.232 e. The summed E-state index contributed by atoms with van der Waals surface area (Å²) in [7, 11) is -3.35. The lowest BCUT2D eigenvalue weighted by Crippen LogP contribution is -2.19. The third-order valence-electron chi connectivity index (χ3n) is 2.49. The summed E-state index contributed by atoms with van der Waals surface area (Å²) >= 11 is 3.32. The van der Waals surface area contributed by atoms with Gasteiger partial charge in [0, 0.05) is 4.47 Å². The van der Waals surface area contributed by atoms with Gasteiger partial charge in [-0.3, -0.25) is 4.72 Å². The van der Waals surface area contributed by atoms with Crippen molar-refractivity contribution in [3.8, 4) is 0 Å². The number of anilines is 2. The first-order chi connectivity index (χ1) is 8.21. The zero-order valence-corrected chi connectivity index (χ0v) is 13.2. The molecule has 4 nitrogen and oxygen atoms in total. The number of nitrogens with one attached hydrogen (secondary N) is 1. The van der Waals surface area contributed by atoms with E-state index in [9.17, 15) is 8.42 Å². The van der Waals surface area contributed by atoms with Crippen molar-refractivity contribution in [1.82, 2.24) is 0 Å². The largest absolute Gasteiger partial charge is 0.397 e. The number of nitrogens with two attached hydrogens (primary N) is 1. The summed E-state index contributed by atoms with van der Waals surface area (Å²) in [5.41, 5.74) is 7.65. The van der Waals surface area contributed by atoms with Crippen molar-refractivity contribution in [3.05, 3.63) is 22.2 Å². The highest BCUT2D eigenvalue weighted by atomic mass is 79.9. The maximum atomic E-state index is 11.9. The van der Waals surface area contributed by atoms with Gasteiger partial charge in [-0.25, -0.2) is 8.42 Å². The molecule has 0 amide bonds. The van der Waals surface area contributed by atoms with E-state index in [1.807, 2.05) is 26.8 Å². The maximum absolute atomic E-state index is 11.9. The fourth-order valence-corrected chi connectivity index (χ4v) is 3.72. The van der Waals surface area contributed by atoms with Gasteiger partial charge < -0.3 is 5.73 Å². The number of hydrogen-bond acceptors (Lipinski definition) is 3. The lowest BCUT2D eigenvalue weighted by molar-refractivity contribution is 0.578. The Kier molecular flexibility index (Phi) is 5.04. The van der Waals surface area contributed by atoms with Gasteiger partial charge in [-0.1, -0.05) is 13.8 Å². The Balaban J connectivity index is 2.91. The summed E-state index contributed by atoms with van der Waals surface area (Å²) in [4.78, 5) is 0. The quantitative estimate of drug-likeness (QED) is 0.812. The molecule has 1 rings (SSSR count). The summed E-state index contributed by atoms with van der Waals surface area (Å²) in [6.45, 7) is 5.88. The predicted octanol–water partition coefficient (Wildman–Crippen LogP) is 3.13. The second kappa shape index (κ2) is 5.93. The Hall–Kier alpha value is -0.750. The standard InChI is InChI=1S/C12H19BrN2O2S/c1-8(2)4-5-18(16,17)15-12-10(13)6-9(3)7-11(12)14/h6-8,15H,4-5,14H2,1-3H3. The van der Waals surface area contributed by atoms with Crippen LogP contribution in [-0.4, -0.2) is 14.2 Å². The second-order valence-corrected chi connectivity index (χ2v) is 7.51. The summed E-state index contributed by atoms with van der Waals surface area (Å²) in [5, 5.41) is 0. The fraction of sp³-hybridized carbons (Fsp3) is 0.500. The molecule has 0 radical (unpaired) electrons. The molecule has 0 saturated carbocycles.